The summed E-state index contributed by atoms with van der Waals surface area (Å²) in [6, 6.07) is 6.25. The number of rotatable bonds is 2. The van der Waals surface area contributed by atoms with Gasteiger partial charge in [0.1, 0.15) is 11.8 Å². The van der Waals surface area contributed by atoms with Crippen LogP contribution in [0, 0.1) is 11.3 Å². The van der Waals surface area contributed by atoms with Crippen LogP contribution in [0.2, 0.25) is 0 Å². The number of aliphatic hydroxyl groups is 1. The Labute approximate surface area is 177 Å². The molecule has 2 spiro atoms. The van der Waals surface area contributed by atoms with E-state index in [1.807, 2.05) is 6.07 Å². The zero-order valence-corrected chi connectivity index (χ0v) is 17.6. The van der Waals surface area contributed by atoms with Gasteiger partial charge in [-0.2, -0.15) is 5.26 Å². The van der Waals surface area contributed by atoms with Crippen LogP contribution in [0.1, 0.15) is 49.8 Å². The molecular weight excluding hydrogens is 380 g/mol. The maximum atomic E-state index is 12.4. The van der Waals surface area contributed by atoms with Crippen molar-refractivity contribution >= 4 is 0 Å². The molecule has 3 heterocycles. The summed E-state index contributed by atoms with van der Waals surface area (Å²) in [5, 5.41) is 22.2. The zero-order valence-electron chi connectivity index (χ0n) is 17.6. The van der Waals surface area contributed by atoms with E-state index >= 15 is 0 Å². The highest BCUT2D eigenvalue weighted by Crippen LogP contribution is 2.67. The molecule has 2 bridgehead atoms. The minimum absolute atomic E-state index is 0.0121. The molecule has 30 heavy (non-hydrogen) atoms. The van der Waals surface area contributed by atoms with Crippen LogP contribution in [-0.4, -0.2) is 59.8 Å². The zero-order chi connectivity index (χ0) is 20.7. The van der Waals surface area contributed by atoms with Gasteiger partial charge in [0.15, 0.2) is 6.10 Å². The summed E-state index contributed by atoms with van der Waals surface area (Å²) < 4.78 is 18.9. The van der Waals surface area contributed by atoms with Crippen LogP contribution in [0.25, 0.3) is 0 Å². The van der Waals surface area contributed by atoms with Crippen LogP contribution < -0.4 is 4.74 Å². The first-order chi connectivity index (χ1) is 14.5. The monoisotopic (exact) mass is 408 g/mol. The van der Waals surface area contributed by atoms with E-state index in [0.29, 0.717) is 37.4 Å². The van der Waals surface area contributed by atoms with E-state index in [1.165, 1.54) is 11.1 Å². The molecule has 0 amide bonds. The van der Waals surface area contributed by atoms with Crippen molar-refractivity contribution in [1.29, 1.82) is 5.26 Å². The fraction of sp³-hybridized carbons (Fsp3) is 0.625. The third kappa shape index (κ3) is 2.07. The summed E-state index contributed by atoms with van der Waals surface area (Å²) in [6.07, 6.45) is 4.57. The van der Waals surface area contributed by atoms with Crippen molar-refractivity contribution in [3.05, 3.63) is 40.5 Å². The van der Waals surface area contributed by atoms with Gasteiger partial charge in [0.2, 0.25) is 5.79 Å². The van der Waals surface area contributed by atoms with Crippen LogP contribution in [0.4, 0.5) is 0 Å². The second kappa shape index (κ2) is 6.08. The van der Waals surface area contributed by atoms with Crippen molar-refractivity contribution in [1.82, 2.24) is 4.90 Å². The summed E-state index contributed by atoms with van der Waals surface area (Å²) >= 11 is 0. The third-order valence-electron chi connectivity index (χ3n) is 8.23. The smallest absolute Gasteiger partial charge is 0.207 e. The average molecular weight is 408 g/mol. The standard InChI is InChI=1S/C24H28N2O4/c1-15(2)5-9-26-10-8-22-19-16-3-4-17(14-25)20(19)30-21(22)24(28-11-12-29-24)7-6-23(22,27)18(26)13-16/h3-5,18,21,27H,6-13H2,1-2H3/t18-,21?,22?,23?/m1/s1. The maximum Gasteiger partial charge on any atom is 0.207 e. The van der Waals surface area contributed by atoms with E-state index in [2.05, 4.69) is 37.0 Å². The molecule has 3 unspecified atom stereocenters. The largest absolute Gasteiger partial charge is 0.482 e. The lowest BCUT2D eigenvalue weighted by molar-refractivity contribution is -0.296. The second-order valence-electron chi connectivity index (χ2n) is 9.74. The minimum atomic E-state index is -0.932. The lowest BCUT2D eigenvalue weighted by atomic mass is 9.48. The van der Waals surface area contributed by atoms with Crippen molar-refractivity contribution in [3.8, 4) is 11.8 Å². The molecule has 1 saturated carbocycles. The van der Waals surface area contributed by atoms with Crippen molar-refractivity contribution in [2.45, 2.75) is 68.5 Å². The maximum absolute atomic E-state index is 12.4. The van der Waals surface area contributed by atoms with Crippen LogP contribution in [-0.2, 0) is 21.3 Å². The Morgan fingerprint density at radius 2 is 2.07 bits per heavy atom. The van der Waals surface area contributed by atoms with Gasteiger partial charge in [-0.3, -0.25) is 4.90 Å². The topological polar surface area (TPSA) is 75.0 Å². The van der Waals surface area contributed by atoms with Gasteiger partial charge < -0.3 is 19.3 Å². The molecular formula is C24H28N2O4. The highest BCUT2D eigenvalue weighted by molar-refractivity contribution is 5.63. The van der Waals surface area contributed by atoms with E-state index in [4.69, 9.17) is 14.2 Å². The van der Waals surface area contributed by atoms with E-state index < -0.39 is 22.9 Å². The molecule has 0 radical (unpaired) electrons. The Hall–Kier alpha value is -1.91. The minimum Gasteiger partial charge on any atom is -0.482 e. The molecule has 1 aromatic carbocycles. The summed E-state index contributed by atoms with van der Waals surface area (Å²) in [6.45, 7) is 7.03. The molecule has 3 fully saturated rings. The molecule has 6 heteroatoms. The van der Waals surface area contributed by atoms with Gasteiger partial charge in [0, 0.05) is 24.6 Å². The van der Waals surface area contributed by atoms with Crippen molar-refractivity contribution < 1.29 is 19.3 Å². The number of allylic oxidation sites excluding steroid dienone is 1. The van der Waals surface area contributed by atoms with Gasteiger partial charge in [-0.15, -0.1) is 0 Å². The first kappa shape index (κ1) is 18.8. The van der Waals surface area contributed by atoms with E-state index in [0.717, 1.165) is 31.5 Å². The number of nitrogens with zero attached hydrogens (tertiary/aromatic N) is 2. The number of nitriles is 1. The SMILES string of the molecule is CC(C)=CCN1CCC23c4c5ccc(C#N)c4OC2C2(CCC3(O)[C@H]1C5)OCCO2. The van der Waals surface area contributed by atoms with Gasteiger partial charge in [-0.25, -0.2) is 0 Å². The Kier molecular flexibility index (Phi) is 3.81. The molecule has 4 atom stereocenters. The number of fused-ring (bicyclic) bond motifs is 1. The summed E-state index contributed by atoms with van der Waals surface area (Å²) in [7, 11) is 0. The summed E-state index contributed by atoms with van der Waals surface area (Å²) in [5.74, 6) is -0.186. The fourth-order valence-corrected chi connectivity index (χ4v) is 6.98. The van der Waals surface area contributed by atoms with Crippen LogP contribution in [0.3, 0.4) is 0 Å². The van der Waals surface area contributed by atoms with Gasteiger partial charge in [0.05, 0.1) is 29.8 Å². The Morgan fingerprint density at radius 1 is 1.27 bits per heavy atom. The van der Waals surface area contributed by atoms with Gasteiger partial charge >= 0.3 is 0 Å². The number of benzene rings is 1. The molecule has 2 aliphatic carbocycles. The van der Waals surface area contributed by atoms with Gasteiger partial charge in [0.25, 0.3) is 0 Å². The number of piperidine rings is 1. The molecule has 1 aromatic rings. The number of likely N-dealkylation sites (tertiary alicyclic amines) is 1. The Bertz CT molecular complexity index is 988. The number of hydrogen-bond acceptors (Lipinski definition) is 6. The summed E-state index contributed by atoms with van der Waals surface area (Å²) in [5.41, 5.74) is 2.54. The Morgan fingerprint density at radius 3 is 2.80 bits per heavy atom. The molecule has 3 aliphatic heterocycles. The predicted octanol–water partition coefficient (Wildman–Crippen LogP) is 2.42. The van der Waals surface area contributed by atoms with Crippen molar-refractivity contribution in [2.24, 2.45) is 0 Å². The van der Waals surface area contributed by atoms with Crippen molar-refractivity contribution in [2.75, 3.05) is 26.3 Å². The van der Waals surface area contributed by atoms with E-state index in [-0.39, 0.29) is 6.04 Å². The first-order valence-electron chi connectivity index (χ1n) is 11.1. The average Bonchev–Trinajstić information content (AvgIpc) is 3.33. The fourth-order valence-electron chi connectivity index (χ4n) is 6.98. The lowest BCUT2D eigenvalue weighted by Gasteiger charge is -2.65. The van der Waals surface area contributed by atoms with Crippen molar-refractivity contribution in [3.63, 3.8) is 0 Å². The first-order valence-corrected chi connectivity index (χ1v) is 11.1. The highest BCUT2D eigenvalue weighted by atomic mass is 16.8. The van der Waals surface area contributed by atoms with Crippen LogP contribution in [0.5, 0.6) is 5.75 Å². The molecule has 6 nitrogen and oxygen atoms in total. The predicted molar refractivity (Wildman–Crippen MR) is 109 cm³/mol. The Balaban J connectivity index is 1.56. The number of ether oxygens (including phenoxy) is 3. The second-order valence-corrected chi connectivity index (χ2v) is 9.74. The molecule has 0 aromatic heterocycles. The third-order valence-corrected chi connectivity index (χ3v) is 8.23. The van der Waals surface area contributed by atoms with E-state index in [9.17, 15) is 10.4 Å². The molecule has 6 rings (SSSR count). The highest BCUT2D eigenvalue weighted by Gasteiger charge is 2.77. The van der Waals surface area contributed by atoms with Crippen LogP contribution in [0.15, 0.2) is 23.8 Å². The quantitative estimate of drug-likeness (QED) is 0.758. The van der Waals surface area contributed by atoms with Gasteiger partial charge in [-0.1, -0.05) is 17.7 Å². The molecule has 2 saturated heterocycles. The molecule has 5 aliphatic rings. The van der Waals surface area contributed by atoms with Crippen LogP contribution >= 0.6 is 0 Å². The lowest BCUT2D eigenvalue weighted by Crippen LogP contribution is -2.79. The summed E-state index contributed by atoms with van der Waals surface area (Å²) in [4.78, 5) is 2.43. The normalized spacial score (nSPS) is 37.4. The van der Waals surface area contributed by atoms with E-state index in [1.54, 1.807) is 0 Å². The molecule has 158 valence electrons. The van der Waals surface area contributed by atoms with Gasteiger partial charge in [-0.05, 0) is 51.3 Å². The molecule has 1 N–H and O–H groups in total. The number of hydrogen-bond donors (Lipinski definition) is 1.